The van der Waals surface area contributed by atoms with E-state index in [4.69, 9.17) is 11.6 Å². The number of pyridine rings is 1. The molecule has 4 nitrogen and oxygen atoms in total. The van der Waals surface area contributed by atoms with E-state index in [1.54, 1.807) is 11.3 Å². The van der Waals surface area contributed by atoms with Crippen LogP contribution in [0.5, 0.6) is 0 Å². The second-order valence-electron chi connectivity index (χ2n) is 7.49. The number of piperidine rings is 1. The maximum atomic E-state index is 13.1. The molecule has 2 fully saturated rings. The van der Waals surface area contributed by atoms with Gasteiger partial charge in [0.1, 0.15) is 5.82 Å². The van der Waals surface area contributed by atoms with Gasteiger partial charge in [-0.05, 0) is 43.2 Å². The van der Waals surface area contributed by atoms with E-state index in [1.165, 1.54) is 4.88 Å². The molecule has 1 atom stereocenters. The Balaban J connectivity index is 1.40. The summed E-state index contributed by atoms with van der Waals surface area (Å²) in [5.41, 5.74) is -0.857. The fourth-order valence-electron chi connectivity index (χ4n) is 4.20. The van der Waals surface area contributed by atoms with E-state index >= 15 is 0 Å². The molecule has 0 spiro atoms. The van der Waals surface area contributed by atoms with Gasteiger partial charge < -0.3 is 9.80 Å². The molecule has 29 heavy (non-hydrogen) atoms. The average molecular weight is 444 g/mol. The molecule has 2 aliphatic rings. The molecule has 0 bridgehead atoms. The van der Waals surface area contributed by atoms with Crippen LogP contribution < -0.4 is 4.90 Å². The highest BCUT2D eigenvalue weighted by atomic mass is 35.5. The van der Waals surface area contributed by atoms with Crippen molar-refractivity contribution >= 4 is 34.7 Å². The van der Waals surface area contributed by atoms with Crippen molar-refractivity contribution in [1.82, 2.24) is 9.88 Å². The molecular formula is C20H21ClF3N3OS. The third-order valence-electron chi connectivity index (χ3n) is 5.70. The lowest BCUT2D eigenvalue weighted by atomic mass is 9.94. The zero-order valence-corrected chi connectivity index (χ0v) is 17.2. The fraction of sp³-hybridized carbons (Fsp3) is 0.500. The van der Waals surface area contributed by atoms with Crippen LogP contribution in [0.15, 0.2) is 29.8 Å². The number of hydrogen-bond acceptors (Lipinski definition) is 4. The van der Waals surface area contributed by atoms with Crippen molar-refractivity contribution in [2.75, 3.05) is 24.5 Å². The van der Waals surface area contributed by atoms with Gasteiger partial charge in [-0.15, -0.1) is 11.3 Å². The Hall–Kier alpha value is -1.80. The second kappa shape index (κ2) is 8.14. The van der Waals surface area contributed by atoms with Gasteiger partial charge in [0.25, 0.3) is 0 Å². The smallest absolute Gasteiger partial charge is 0.355 e. The number of aromatic nitrogens is 1. The maximum absolute atomic E-state index is 13.1. The highest BCUT2D eigenvalue weighted by Gasteiger charge is 2.37. The van der Waals surface area contributed by atoms with Gasteiger partial charge in [0.05, 0.1) is 16.6 Å². The molecule has 156 valence electrons. The number of likely N-dealkylation sites (tertiary alicyclic amines) is 1. The summed E-state index contributed by atoms with van der Waals surface area (Å²) >= 11 is 7.75. The molecule has 4 rings (SSSR count). The summed E-state index contributed by atoms with van der Waals surface area (Å²) in [6.45, 7) is 1.88. The summed E-state index contributed by atoms with van der Waals surface area (Å²) < 4.78 is 38.4. The van der Waals surface area contributed by atoms with E-state index < -0.39 is 11.7 Å². The number of rotatable bonds is 3. The van der Waals surface area contributed by atoms with Crippen LogP contribution in [0.25, 0.3) is 0 Å². The minimum atomic E-state index is -4.47. The fourth-order valence-corrected chi connectivity index (χ4v) is 5.36. The zero-order valence-electron chi connectivity index (χ0n) is 15.7. The number of halogens is 4. The Morgan fingerprint density at radius 1 is 1.21 bits per heavy atom. The Morgan fingerprint density at radius 2 is 1.97 bits per heavy atom. The SMILES string of the molecule is O=C(C1CCN(c2ncc(C(F)(F)F)cc2Cl)CC1)N1CCCC1c1cccs1. The van der Waals surface area contributed by atoms with Gasteiger partial charge in [-0.25, -0.2) is 4.98 Å². The summed E-state index contributed by atoms with van der Waals surface area (Å²) in [6.07, 6.45) is -0.358. The van der Waals surface area contributed by atoms with Crippen molar-refractivity contribution in [2.24, 2.45) is 5.92 Å². The molecule has 2 saturated heterocycles. The highest BCUT2D eigenvalue weighted by Crippen LogP contribution is 2.38. The van der Waals surface area contributed by atoms with Crippen molar-refractivity contribution in [1.29, 1.82) is 0 Å². The molecule has 1 unspecified atom stereocenters. The molecule has 0 aliphatic carbocycles. The van der Waals surface area contributed by atoms with E-state index in [9.17, 15) is 18.0 Å². The number of carbonyl (C=O) groups is 1. The molecule has 9 heteroatoms. The van der Waals surface area contributed by atoms with Crippen molar-refractivity contribution in [3.63, 3.8) is 0 Å². The van der Waals surface area contributed by atoms with E-state index in [0.29, 0.717) is 31.7 Å². The summed E-state index contributed by atoms with van der Waals surface area (Å²) in [6, 6.07) is 5.19. The quantitative estimate of drug-likeness (QED) is 0.637. The molecular weight excluding hydrogens is 423 g/mol. The molecule has 4 heterocycles. The molecule has 2 aliphatic heterocycles. The number of carbonyl (C=O) groups excluding carboxylic acids is 1. The highest BCUT2D eigenvalue weighted by molar-refractivity contribution is 7.10. The van der Waals surface area contributed by atoms with E-state index in [-0.39, 0.29) is 22.9 Å². The first-order valence-electron chi connectivity index (χ1n) is 9.66. The van der Waals surface area contributed by atoms with Crippen LogP contribution in [0, 0.1) is 5.92 Å². The zero-order chi connectivity index (χ0) is 20.6. The number of anilines is 1. The van der Waals surface area contributed by atoms with Crippen LogP contribution in [-0.4, -0.2) is 35.4 Å². The lowest BCUT2D eigenvalue weighted by Crippen LogP contribution is -2.42. The Kier molecular flexibility index (Phi) is 5.75. The summed E-state index contributed by atoms with van der Waals surface area (Å²) in [5.74, 6) is 0.468. The van der Waals surface area contributed by atoms with Crippen LogP contribution in [0.4, 0.5) is 19.0 Å². The van der Waals surface area contributed by atoms with E-state index in [0.717, 1.165) is 31.6 Å². The molecule has 1 amide bonds. The van der Waals surface area contributed by atoms with Gasteiger partial charge >= 0.3 is 6.18 Å². The van der Waals surface area contributed by atoms with Gasteiger partial charge in [0.2, 0.25) is 5.91 Å². The molecule has 2 aromatic rings. The summed E-state index contributed by atoms with van der Waals surface area (Å²) in [5, 5.41) is 2.03. The van der Waals surface area contributed by atoms with E-state index in [2.05, 4.69) is 11.1 Å². The molecule has 0 radical (unpaired) electrons. The van der Waals surface area contributed by atoms with Gasteiger partial charge in [0.15, 0.2) is 0 Å². The first kappa shape index (κ1) is 20.5. The minimum absolute atomic E-state index is 0.0121. The number of hydrogen-bond donors (Lipinski definition) is 0. The van der Waals surface area contributed by atoms with E-state index in [1.807, 2.05) is 21.2 Å². The van der Waals surface area contributed by atoms with Crippen molar-refractivity contribution in [3.05, 3.63) is 45.2 Å². The largest absolute Gasteiger partial charge is 0.417 e. The lowest BCUT2D eigenvalue weighted by molar-refractivity contribution is -0.138. The van der Waals surface area contributed by atoms with Crippen LogP contribution >= 0.6 is 22.9 Å². The Morgan fingerprint density at radius 3 is 2.59 bits per heavy atom. The van der Waals surface area contributed by atoms with Gasteiger partial charge in [-0.3, -0.25) is 4.79 Å². The Labute approximate surface area is 176 Å². The Bertz CT molecular complexity index is 866. The lowest BCUT2D eigenvalue weighted by Gasteiger charge is -2.35. The third kappa shape index (κ3) is 4.23. The summed E-state index contributed by atoms with van der Waals surface area (Å²) in [4.78, 5) is 22.2. The van der Waals surface area contributed by atoms with Crippen LogP contribution in [0.1, 0.15) is 42.2 Å². The normalized spacial score (nSPS) is 21.0. The monoisotopic (exact) mass is 443 g/mol. The maximum Gasteiger partial charge on any atom is 0.417 e. The van der Waals surface area contributed by atoms with Gasteiger partial charge in [0, 0.05) is 36.6 Å². The van der Waals surface area contributed by atoms with Crippen molar-refractivity contribution in [2.45, 2.75) is 37.9 Å². The van der Waals surface area contributed by atoms with Crippen LogP contribution in [0.3, 0.4) is 0 Å². The molecule has 2 aromatic heterocycles. The van der Waals surface area contributed by atoms with Gasteiger partial charge in [-0.2, -0.15) is 13.2 Å². The average Bonchev–Trinajstić information content (AvgIpc) is 3.38. The number of thiophene rings is 1. The topological polar surface area (TPSA) is 36.4 Å². The minimum Gasteiger partial charge on any atom is -0.355 e. The second-order valence-corrected chi connectivity index (χ2v) is 8.88. The van der Waals surface area contributed by atoms with Crippen LogP contribution in [0.2, 0.25) is 5.02 Å². The first-order valence-corrected chi connectivity index (χ1v) is 10.9. The molecule has 0 aromatic carbocycles. The third-order valence-corrected chi connectivity index (χ3v) is 6.95. The standard InChI is InChI=1S/C20H21ClF3N3OS/c21-15-11-14(20(22,23)24)12-25-18(15)26-8-5-13(6-9-26)19(28)27-7-1-3-16(27)17-4-2-10-29-17/h2,4,10-13,16H,1,3,5-9H2. The van der Waals surface area contributed by atoms with Crippen molar-refractivity contribution < 1.29 is 18.0 Å². The summed E-state index contributed by atoms with van der Waals surface area (Å²) in [7, 11) is 0. The van der Waals surface area contributed by atoms with Gasteiger partial charge in [-0.1, -0.05) is 17.7 Å². The number of amides is 1. The first-order chi connectivity index (χ1) is 13.8. The predicted octanol–water partition coefficient (Wildman–Crippen LogP) is 5.40. The number of nitrogens with zero attached hydrogens (tertiary/aromatic N) is 3. The molecule has 0 saturated carbocycles. The van der Waals surface area contributed by atoms with Crippen LogP contribution in [-0.2, 0) is 11.0 Å². The molecule has 0 N–H and O–H groups in total. The number of alkyl halides is 3. The predicted molar refractivity (Wildman–Crippen MR) is 107 cm³/mol. The van der Waals surface area contributed by atoms with Crippen molar-refractivity contribution in [3.8, 4) is 0 Å².